The van der Waals surface area contributed by atoms with Crippen LogP contribution in [-0.4, -0.2) is 5.11 Å². The van der Waals surface area contributed by atoms with Gasteiger partial charge in [0, 0.05) is 0 Å². The van der Waals surface area contributed by atoms with Crippen molar-refractivity contribution in [2.45, 2.75) is 59.8 Å². The Balaban J connectivity index is 2.08. The van der Waals surface area contributed by atoms with E-state index >= 15 is 0 Å². The van der Waals surface area contributed by atoms with Crippen LogP contribution in [0, 0.1) is 30.6 Å². The Morgan fingerprint density at radius 1 is 1.11 bits per heavy atom. The van der Waals surface area contributed by atoms with Crippen molar-refractivity contribution in [3.8, 4) is 5.75 Å². The standard InChI is InChI=1S/C18H26O/c1-11-8-14(16(19)9-12(11)2)15-10-13-6-7-18(15,5)17(13,3)4/h8-9,13,15,19H,6-7,10H2,1-5H3/t13-,15-,18-/m1/s1. The first-order valence-electron chi connectivity index (χ1n) is 7.57. The molecule has 0 unspecified atom stereocenters. The minimum absolute atomic E-state index is 0.344. The first-order chi connectivity index (χ1) is 8.77. The molecule has 2 aliphatic rings. The van der Waals surface area contributed by atoms with Crippen LogP contribution in [0.2, 0.25) is 0 Å². The monoisotopic (exact) mass is 258 g/mol. The largest absolute Gasteiger partial charge is 0.508 e. The molecule has 2 fully saturated rings. The highest BCUT2D eigenvalue weighted by atomic mass is 16.3. The number of aromatic hydroxyl groups is 1. The highest BCUT2D eigenvalue weighted by Gasteiger charge is 2.61. The van der Waals surface area contributed by atoms with Gasteiger partial charge < -0.3 is 5.11 Å². The average molecular weight is 258 g/mol. The summed E-state index contributed by atoms with van der Waals surface area (Å²) in [6.07, 6.45) is 3.92. The van der Waals surface area contributed by atoms with E-state index in [2.05, 4.69) is 40.7 Å². The highest BCUT2D eigenvalue weighted by molar-refractivity contribution is 5.45. The molecule has 2 aliphatic carbocycles. The molecule has 3 rings (SSSR count). The van der Waals surface area contributed by atoms with Gasteiger partial charge in [0.05, 0.1) is 0 Å². The normalized spacial score (nSPS) is 35.8. The molecule has 0 amide bonds. The summed E-state index contributed by atoms with van der Waals surface area (Å²) >= 11 is 0. The molecule has 19 heavy (non-hydrogen) atoms. The lowest BCUT2D eigenvalue weighted by molar-refractivity contribution is 0.133. The summed E-state index contributed by atoms with van der Waals surface area (Å²) in [6, 6.07) is 4.18. The molecule has 0 saturated heterocycles. The molecule has 1 nitrogen and oxygen atoms in total. The van der Waals surface area contributed by atoms with Gasteiger partial charge in [0.1, 0.15) is 5.75 Å². The zero-order valence-corrected chi connectivity index (χ0v) is 12.9. The van der Waals surface area contributed by atoms with E-state index in [1.807, 2.05) is 6.07 Å². The lowest BCUT2D eigenvalue weighted by Gasteiger charge is -2.40. The van der Waals surface area contributed by atoms with Crippen LogP contribution in [0.1, 0.15) is 62.6 Å². The molecule has 1 aromatic carbocycles. The summed E-state index contributed by atoms with van der Waals surface area (Å²) in [4.78, 5) is 0. The maximum absolute atomic E-state index is 10.4. The number of hydrogen-bond donors (Lipinski definition) is 1. The molecular weight excluding hydrogens is 232 g/mol. The Kier molecular flexibility index (Phi) is 2.59. The molecule has 0 heterocycles. The highest BCUT2D eigenvalue weighted by Crippen LogP contribution is 2.71. The fourth-order valence-electron chi connectivity index (χ4n) is 4.78. The zero-order chi connectivity index (χ0) is 14.0. The fraction of sp³-hybridized carbons (Fsp3) is 0.667. The second kappa shape index (κ2) is 3.77. The van der Waals surface area contributed by atoms with Gasteiger partial charge in [0.2, 0.25) is 0 Å². The third-order valence-corrected chi connectivity index (χ3v) is 6.81. The Hall–Kier alpha value is -0.980. The molecule has 1 heteroatoms. The molecule has 0 aliphatic heterocycles. The maximum atomic E-state index is 10.4. The van der Waals surface area contributed by atoms with Gasteiger partial charge in [-0.2, -0.15) is 0 Å². The second-order valence-electron chi connectivity index (χ2n) is 7.66. The van der Waals surface area contributed by atoms with E-state index in [4.69, 9.17) is 0 Å². The third kappa shape index (κ3) is 1.53. The van der Waals surface area contributed by atoms with Crippen LogP contribution < -0.4 is 0 Å². The van der Waals surface area contributed by atoms with Crippen molar-refractivity contribution < 1.29 is 5.11 Å². The van der Waals surface area contributed by atoms with E-state index in [0.29, 0.717) is 22.5 Å². The number of hydrogen-bond acceptors (Lipinski definition) is 1. The van der Waals surface area contributed by atoms with E-state index in [-0.39, 0.29) is 0 Å². The van der Waals surface area contributed by atoms with E-state index in [9.17, 15) is 5.11 Å². The smallest absolute Gasteiger partial charge is 0.119 e. The average Bonchev–Trinajstić information content (AvgIpc) is 2.66. The summed E-state index contributed by atoms with van der Waals surface area (Å²) in [5, 5.41) is 10.4. The van der Waals surface area contributed by atoms with Crippen molar-refractivity contribution in [2.75, 3.05) is 0 Å². The first kappa shape index (κ1) is 13.0. The van der Waals surface area contributed by atoms with Crippen LogP contribution in [0.5, 0.6) is 5.75 Å². The molecule has 1 aromatic rings. The molecule has 0 spiro atoms. The van der Waals surface area contributed by atoms with Crippen LogP contribution in [0.4, 0.5) is 0 Å². The van der Waals surface area contributed by atoms with Crippen LogP contribution >= 0.6 is 0 Å². The van der Waals surface area contributed by atoms with Gasteiger partial charge in [-0.25, -0.2) is 0 Å². The Morgan fingerprint density at radius 2 is 1.74 bits per heavy atom. The molecule has 0 aromatic heterocycles. The molecule has 3 atom stereocenters. The van der Waals surface area contributed by atoms with Gasteiger partial charge in [0.15, 0.2) is 0 Å². The Bertz CT molecular complexity index is 529. The van der Waals surface area contributed by atoms with E-state index in [1.54, 1.807) is 0 Å². The zero-order valence-electron chi connectivity index (χ0n) is 12.9. The van der Waals surface area contributed by atoms with Crippen molar-refractivity contribution in [3.05, 3.63) is 28.8 Å². The van der Waals surface area contributed by atoms with Crippen molar-refractivity contribution in [2.24, 2.45) is 16.7 Å². The van der Waals surface area contributed by atoms with Gasteiger partial charge in [-0.1, -0.05) is 26.8 Å². The van der Waals surface area contributed by atoms with Crippen molar-refractivity contribution in [1.29, 1.82) is 0 Å². The molecule has 104 valence electrons. The number of phenolic OH excluding ortho intramolecular Hbond substituents is 1. The molecule has 1 N–H and O–H groups in total. The van der Waals surface area contributed by atoms with Crippen molar-refractivity contribution >= 4 is 0 Å². The van der Waals surface area contributed by atoms with Gasteiger partial charge in [-0.3, -0.25) is 0 Å². The summed E-state index contributed by atoms with van der Waals surface area (Å²) in [5.74, 6) is 1.86. The summed E-state index contributed by atoms with van der Waals surface area (Å²) in [6.45, 7) is 11.5. The molecule has 2 bridgehead atoms. The Labute approximate surface area is 117 Å². The number of rotatable bonds is 1. The summed E-state index contributed by atoms with van der Waals surface area (Å²) in [5.41, 5.74) is 4.44. The van der Waals surface area contributed by atoms with Gasteiger partial charge >= 0.3 is 0 Å². The maximum Gasteiger partial charge on any atom is 0.119 e. The van der Waals surface area contributed by atoms with Gasteiger partial charge in [0.25, 0.3) is 0 Å². The summed E-state index contributed by atoms with van der Waals surface area (Å²) in [7, 11) is 0. The molecular formula is C18H26O. The topological polar surface area (TPSA) is 20.2 Å². The van der Waals surface area contributed by atoms with Crippen LogP contribution in [0.25, 0.3) is 0 Å². The van der Waals surface area contributed by atoms with Crippen LogP contribution in [0.3, 0.4) is 0 Å². The van der Waals surface area contributed by atoms with E-state index in [0.717, 1.165) is 5.92 Å². The minimum atomic E-state index is 0.344. The molecule has 2 saturated carbocycles. The number of aryl methyl sites for hydroxylation is 2. The van der Waals surface area contributed by atoms with Crippen molar-refractivity contribution in [1.82, 2.24) is 0 Å². The fourth-order valence-corrected chi connectivity index (χ4v) is 4.78. The second-order valence-corrected chi connectivity index (χ2v) is 7.66. The number of fused-ring (bicyclic) bond motifs is 2. The SMILES string of the molecule is Cc1cc(O)c([C@H]2C[C@H]3CC[C@@]2(C)C3(C)C)cc1C. The van der Waals surface area contributed by atoms with E-state index in [1.165, 1.54) is 36.0 Å². The van der Waals surface area contributed by atoms with Crippen LogP contribution in [0.15, 0.2) is 12.1 Å². The molecule has 0 radical (unpaired) electrons. The minimum Gasteiger partial charge on any atom is -0.508 e. The Morgan fingerprint density at radius 3 is 2.26 bits per heavy atom. The first-order valence-corrected chi connectivity index (χ1v) is 7.57. The summed E-state index contributed by atoms with van der Waals surface area (Å²) < 4.78 is 0. The lowest BCUT2D eigenvalue weighted by atomic mass is 9.65. The van der Waals surface area contributed by atoms with Crippen molar-refractivity contribution in [3.63, 3.8) is 0 Å². The van der Waals surface area contributed by atoms with Gasteiger partial charge in [-0.05, 0) is 78.5 Å². The predicted molar refractivity (Wildman–Crippen MR) is 79.6 cm³/mol. The quantitative estimate of drug-likeness (QED) is 0.756. The third-order valence-electron chi connectivity index (χ3n) is 6.81. The van der Waals surface area contributed by atoms with Crippen LogP contribution in [-0.2, 0) is 0 Å². The van der Waals surface area contributed by atoms with Gasteiger partial charge in [-0.15, -0.1) is 0 Å². The number of benzene rings is 1. The van der Waals surface area contributed by atoms with E-state index < -0.39 is 0 Å². The predicted octanol–water partition coefficient (Wildman–Crippen LogP) is 4.94. The number of phenols is 1. The lowest BCUT2D eigenvalue weighted by Crippen LogP contribution is -2.31.